The maximum atomic E-state index is 11.4. The van der Waals surface area contributed by atoms with Crippen molar-refractivity contribution in [2.75, 3.05) is 20.2 Å². The summed E-state index contributed by atoms with van der Waals surface area (Å²) in [6, 6.07) is 0. The Morgan fingerprint density at radius 1 is 1.12 bits per heavy atom. The predicted octanol–water partition coefficient (Wildman–Crippen LogP) is 2.69. The van der Waals surface area contributed by atoms with Crippen molar-refractivity contribution in [1.82, 2.24) is 9.44 Å². The average Bonchev–Trinajstić information content (AvgIpc) is 2.44. The summed E-state index contributed by atoms with van der Waals surface area (Å²) < 4.78 is 33.9. The van der Waals surface area contributed by atoms with E-state index in [1.54, 1.807) is 0 Å². The first-order valence-electron chi connectivity index (χ1n) is 9.46. The molecule has 4 rings (SSSR count). The smallest absolute Gasteiger partial charge is 0.276 e. The molecule has 4 aliphatic rings. The molecule has 6 heteroatoms. The Balaban J connectivity index is 1.53. The highest BCUT2D eigenvalue weighted by atomic mass is 32.2. The van der Waals surface area contributed by atoms with E-state index in [0.717, 1.165) is 30.1 Å². The summed E-state index contributed by atoms with van der Waals surface area (Å²) >= 11 is 0. The van der Waals surface area contributed by atoms with Crippen LogP contribution in [0, 0.1) is 29.1 Å². The molecule has 4 fully saturated rings. The molecule has 2 N–H and O–H groups in total. The summed E-state index contributed by atoms with van der Waals surface area (Å²) in [5, 5.41) is 0. The Morgan fingerprint density at radius 2 is 1.75 bits per heavy atom. The van der Waals surface area contributed by atoms with Crippen molar-refractivity contribution in [3.63, 3.8) is 0 Å². The van der Waals surface area contributed by atoms with E-state index in [9.17, 15) is 8.42 Å². The molecule has 4 bridgehead atoms. The van der Waals surface area contributed by atoms with Crippen molar-refractivity contribution < 1.29 is 13.2 Å². The van der Waals surface area contributed by atoms with Crippen LogP contribution in [0.1, 0.15) is 59.3 Å². The zero-order valence-electron chi connectivity index (χ0n) is 15.6. The molecular formula is C18H34N2O3S. The minimum absolute atomic E-state index is 0.0835. The van der Waals surface area contributed by atoms with Gasteiger partial charge < -0.3 is 4.74 Å². The lowest BCUT2D eigenvalue weighted by molar-refractivity contribution is -0.198. The van der Waals surface area contributed by atoms with E-state index in [-0.39, 0.29) is 5.60 Å². The molecule has 0 aromatic heterocycles. The van der Waals surface area contributed by atoms with Gasteiger partial charge in [-0.2, -0.15) is 8.42 Å². The molecule has 0 radical (unpaired) electrons. The monoisotopic (exact) mass is 358 g/mol. The lowest BCUT2D eigenvalue weighted by Crippen LogP contribution is -2.58. The molecule has 0 aliphatic heterocycles. The number of nitrogens with one attached hydrogen (secondary N) is 2. The summed E-state index contributed by atoms with van der Waals surface area (Å²) in [5.41, 5.74) is 0.482. The minimum Gasteiger partial charge on any atom is -0.375 e. The van der Waals surface area contributed by atoms with E-state index in [2.05, 4.69) is 30.2 Å². The van der Waals surface area contributed by atoms with E-state index in [4.69, 9.17) is 4.74 Å². The highest BCUT2D eigenvalue weighted by Crippen LogP contribution is 2.63. The van der Waals surface area contributed by atoms with Gasteiger partial charge in [-0.1, -0.05) is 20.8 Å². The zero-order valence-corrected chi connectivity index (χ0v) is 16.4. The van der Waals surface area contributed by atoms with Gasteiger partial charge in [0.25, 0.3) is 10.2 Å². The van der Waals surface area contributed by atoms with Gasteiger partial charge in [-0.15, -0.1) is 0 Å². The average molecular weight is 359 g/mol. The molecule has 4 aliphatic carbocycles. The van der Waals surface area contributed by atoms with Crippen LogP contribution in [0.15, 0.2) is 0 Å². The molecule has 0 amide bonds. The largest absolute Gasteiger partial charge is 0.375 e. The third-order valence-electron chi connectivity index (χ3n) is 6.51. The molecule has 2 atom stereocenters. The predicted molar refractivity (Wildman–Crippen MR) is 95.8 cm³/mol. The van der Waals surface area contributed by atoms with E-state index >= 15 is 0 Å². The normalized spacial score (nSPS) is 38.7. The Hall–Kier alpha value is -0.170. The van der Waals surface area contributed by atoms with Gasteiger partial charge in [-0.3, -0.25) is 0 Å². The van der Waals surface area contributed by atoms with Gasteiger partial charge in [0.1, 0.15) is 0 Å². The summed E-state index contributed by atoms with van der Waals surface area (Å²) in [4.78, 5) is 0. The summed E-state index contributed by atoms with van der Waals surface area (Å²) in [7, 11) is -1.91. The highest BCUT2D eigenvalue weighted by molar-refractivity contribution is 7.87. The molecule has 2 unspecified atom stereocenters. The van der Waals surface area contributed by atoms with Crippen LogP contribution in [0.5, 0.6) is 0 Å². The Morgan fingerprint density at radius 3 is 2.29 bits per heavy atom. The molecule has 0 aromatic carbocycles. The maximum Gasteiger partial charge on any atom is 0.276 e. The van der Waals surface area contributed by atoms with Crippen LogP contribution < -0.4 is 9.44 Å². The first-order valence-corrected chi connectivity index (χ1v) is 10.9. The topological polar surface area (TPSA) is 67.4 Å². The Kier molecular flexibility index (Phi) is 5.06. The van der Waals surface area contributed by atoms with E-state index in [0.29, 0.717) is 18.6 Å². The van der Waals surface area contributed by atoms with Crippen molar-refractivity contribution in [2.24, 2.45) is 29.1 Å². The third kappa shape index (κ3) is 3.81. The number of hydrogen-bond donors (Lipinski definition) is 2. The van der Waals surface area contributed by atoms with Crippen LogP contribution in [0.25, 0.3) is 0 Å². The van der Waals surface area contributed by atoms with Crippen molar-refractivity contribution in [3.8, 4) is 0 Å². The van der Waals surface area contributed by atoms with Gasteiger partial charge in [0, 0.05) is 20.2 Å². The molecular weight excluding hydrogens is 324 g/mol. The lowest BCUT2D eigenvalue weighted by Gasteiger charge is -2.62. The number of hydrogen-bond acceptors (Lipinski definition) is 3. The SMILES string of the molecule is CNS(=O)(=O)NCCCOC12CC3CC(C1)C(C(C)(C)C)C(C3)C2. The van der Waals surface area contributed by atoms with Gasteiger partial charge in [0.05, 0.1) is 5.60 Å². The minimum atomic E-state index is -3.32. The molecule has 0 heterocycles. The molecule has 0 saturated heterocycles. The number of ether oxygens (including phenoxy) is 1. The van der Waals surface area contributed by atoms with Gasteiger partial charge in [-0.05, 0) is 67.6 Å². The van der Waals surface area contributed by atoms with Gasteiger partial charge in [-0.25, -0.2) is 9.44 Å². The van der Waals surface area contributed by atoms with Gasteiger partial charge in [0.2, 0.25) is 0 Å². The fourth-order valence-corrected chi connectivity index (χ4v) is 6.74. The van der Waals surface area contributed by atoms with Gasteiger partial charge in [0.15, 0.2) is 0 Å². The van der Waals surface area contributed by atoms with Crippen LogP contribution in [-0.4, -0.2) is 34.2 Å². The summed E-state index contributed by atoms with van der Waals surface area (Å²) in [6.07, 6.45) is 7.16. The van der Waals surface area contributed by atoms with Crippen molar-refractivity contribution in [1.29, 1.82) is 0 Å². The van der Waals surface area contributed by atoms with Crippen LogP contribution in [0.4, 0.5) is 0 Å². The highest BCUT2D eigenvalue weighted by Gasteiger charge is 2.58. The second kappa shape index (κ2) is 6.53. The molecule has 5 nitrogen and oxygen atoms in total. The van der Waals surface area contributed by atoms with Crippen LogP contribution in [0.3, 0.4) is 0 Å². The third-order valence-corrected chi connectivity index (χ3v) is 7.63. The lowest BCUT2D eigenvalue weighted by atomic mass is 9.46. The number of rotatable bonds is 7. The molecule has 24 heavy (non-hydrogen) atoms. The van der Waals surface area contributed by atoms with E-state index < -0.39 is 10.2 Å². The first-order chi connectivity index (χ1) is 11.1. The second-order valence-electron chi connectivity index (χ2n) is 9.35. The van der Waals surface area contributed by atoms with Crippen LogP contribution >= 0.6 is 0 Å². The van der Waals surface area contributed by atoms with Crippen LogP contribution in [-0.2, 0) is 14.9 Å². The molecule has 0 aromatic rings. The molecule has 4 saturated carbocycles. The first kappa shape index (κ1) is 18.6. The fraction of sp³-hybridized carbons (Fsp3) is 1.00. The summed E-state index contributed by atoms with van der Waals surface area (Å²) in [5.74, 6) is 3.33. The standard InChI is InChI=1S/C18H34N2O3S/c1-17(2,3)16-14-8-13-9-15(16)12-18(10-13,11-14)23-7-5-6-20-24(21,22)19-4/h13-16,19-20H,5-12H2,1-4H3. The Bertz CT molecular complexity index is 539. The quantitative estimate of drug-likeness (QED) is 0.688. The van der Waals surface area contributed by atoms with Crippen LogP contribution in [0.2, 0.25) is 0 Å². The van der Waals surface area contributed by atoms with Crippen molar-refractivity contribution >= 4 is 10.2 Å². The van der Waals surface area contributed by atoms with E-state index in [1.807, 2.05) is 0 Å². The second-order valence-corrected chi connectivity index (χ2v) is 11.1. The van der Waals surface area contributed by atoms with Crippen molar-refractivity contribution in [2.45, 2.75) is 64.9 Å². The summed E-state index contributed by atoms with van der Waals surface area (Å²) in [6.45, 7) is 8.29. The Labute approximate surface area is 147 Å². The zero-order chi connectivity index (χ0) is 17.6. The molecule has 0 spiro atoms. The maximum absolute atomic E-state index is 11.4. The molecule has 140 valence electrons. The van der Waals surface area contributed by atoms with Crippen molar-refractivity contribution in [3.05, 3.63) is 0 Å². The van der Waals surface area contributed by atoms with E-state index in [1.165, 1.54) is 39.2 Å². The fourth-order valence-electron chi connectivity index (χ4n) is 6.18. The van der Waals surface area contributed by atoms with Gasteiger partial charge >= 0.3 is 0 Å².